The number of aryl methyl sites for hydroxylation is 1. The molecule has 0 bridgehead atoms. The fourth-order valence-corrected chi connectivity index (χ4v) is 1.48. The summed E-state index contributed by atoms with van der Waals surface area (Å²) in [4.78, 5) is 11.3. The number of aliphatic hydroxyl groups is 2. The van der Waals surface area contributed by atoms with E-state index in [-0.39, 0.29) is 19.1 Å². The molecular weight excluding hydrogens is 218 g/mol. The van der Waals surface area contributed by atoms with E-state index >= 15 is 0 Å². The third-order valence-corrected chi connectivity index (χ3v) is 2.46. The van der Waals surface area contributed by atoms with E-state index in [4.69, 9.17) is 10.2 Å². The van der Waals surface area contributed by atoms with Crippen molar-refractivity contribution in [3.8, 4) is 0 Å². The van der Waals surface area contributed by atoms with E-state index in [1.54, 1.807) is 0 Å². The predicted molar refractivity (Wildman–Crippen MR) is 65.5 cm³/mol. The van der Waals surface area contributed by atoms with Crippen molar-refractivity contribution in [3.63, 3.8) is 0 Å². The van der Waals surface area contributed by atoms with E-state index in [0.717, 1.165) is 12.8 Å². The molecule has 3 N–H and O–H groups in total. The Bertz CT molecular complexity index is 327. The first kappa shape index (κ1) is 13.7. The van der Waals surface area contributed by atoms with Crippen LogP contribution in [0.15, 0.2) is 30.3 Å². The predicted octanol–water partition coefficient (Wildman–Crippen LogP) is 0.479. The largest absolute Gasteiger partial charge is 0.394 e. The van der Waals surface area contributed by atoms with Crippen LogP contribution in [-0.4, -0.2) is 35.4 Å². The van der Waals surface area contributed by atoms with E-state index in [1.807, 2.05) is 30.3 Å². The summed E-state index contributed by atoms with van der Waals surface area (Å²) in [6.45, 7) is -0.217. The number of hydrogen-bond donors (Lipinski definition) is 3. The highest BCUT2D eigenvalue weighted by Gasteiger charge is 2.05. The number of benzene rings is 1. The number of aliphatic hydroxyl groups excluding tert-OH is 2. The summed E-state index contributed by atoms with van der Waals surface area (Å²) in [5.74, 6) is -0.0894. The molecule has 1 aromatic carbocycles. The van der Waals surface area contributed by atoms with Gasteiger partial charge in [0.15, 0.2) is 0 Å². The minimum absolute atomic E-state index is 0.0894. The van der Waals surface area contributed by atoms with Gasteiger partial charge in [0, 0.05) is 13.0 Å². The van der Waals surface area contributed by atoms with Crippen LogP contribution >= 0.6 is 0 Å². The van der Waals surface area contributed by atoms with Gasteiger partial charge in [0.25, 0.3) is 0 Å². The van der Waals surface area contributed by atoms with Gasteiger partial charge < -0.3 is 15.5 Å². The minimum atomic E-state index is -0.868. The highest BCUT2D eigenvalue weighted by molar-refractivity contribution is 5.75. The van der Waals surface area contributed by atoms with Crippen LogP contribution in [0.1, 0.15) is 18.4 Å². The van der Waals surface area contributed by atoms with Crippen molar-refractivity contribution in [2.45, 2.75) is 25.4 Å². The number of carbonyl (C=O) groups excluding carboxylic acids is 1. The van der Waals surface area contributed by atoms with Gasteiger partial charge in [-0.05, 0) is 18.4 Å². The van der Waals surface area contributed by atoms with Crippen LogP contribution in [0.5, 0.6) is 0 Å². The number of hydrogen-bond acceptors (Lipinski definition) is 3. The van der Waals surface area contributed by atoms with Gasteiger partial charge in [-0.2, -0.15) is 0 Å². The standard InChI is InChI=1S/C13H19NO3/c15-10-12(16)9-14-13(17)8-4-7-11-5-2-1-3-6-11/h1-3,5-6,12,15-16H,4,7-10H2,(H,14,17)/t12-/m1/s1. The maximum absolute atomic E-state index is 11.3. The molecule has 0 unspecified atom stereocenters. The van der Waals surface area contributed by atoms with Gasteiger partial charge in [0.2, 0.25) is 5.91 Å². The fraction of sp³-hybridized carbons (Fsp3) is 0.462. The van der Waals surface area contributed by atoms with Crippen LogP contribution in [0, 0.1) is 0 Å². The van der Waals surface area contributed by atoms with Crippen LogP contribution in [0.4, 0.5) is 0 Å². The lowest BCUT2D eigenvalue weighted by Gasteiger charge is -2.08. The minimum Gasteiger partial charge on any atom is -0.394 e. The van der Waals surface area contributed by atoms with Gasteiger partial charge in [-0.3, -0.25) is 4.79 Å². The molecule has 0 aliphatic heterocycles. The van der Waals surface area contributed by atoms with Gasteiger partial charge in [-0.25, -0.2) is 0 Å². The van der Waals surface area contributed by atoms with Crippen LogP contribution < -0.4 is 5.32 Å². The maximum Gasteiger partial charge on any atom is 0.220 e. The molecule has 94 valence electrons. The average Bonchev–Trinajstić information content (AvgIpc) is 2.37. The van der Waals surface area contributed by atoms with Gasteiger partial charge >= 0.3 is 0 Å². The average molecular weight is 237 g/mol. The molecule has 4 nitrogen and oxygen atoms in total. The Balaban J connectivity index is 2.12. The summed E-state index contributed by atoms with van der Waals surface area (Å²) >= 11 is 0. The first-order chi connectivity index (χ1) is 8.22. The van der Waals surface area contributed by atoms with Crippen molar-refractivity contribution < 1.29 is 15.0 Å². The lowest BCUT2D eigenvalue weighted by atomic mass is 10.1. The maximum atomic E-state index is 11.3. The normalized spacial score (nSPS) is 12.1. The van der Waals surface area contributed by atoms with E-state index < -0.39 is 6.10 Å². The Morgan fingerprint density at radius 2 is 2.00 bits per heavy atom. The van der Waals surface area contributed by atoms with Crippen LogP contribution in [0.25, 0.3) is 0 Å². The fourth-order valence-electron chi connectivity index (χ4n) is 1.48. The van der Waals surface area contributed by atoms with Crippen molar-refractivity contribution >= 4 is 5.91 Å². The second-order valence-electron chi connectivity index (χ2n) is 3.98. The molecular formula is C13H19NO3. The summed E-state index contributed by atoms with van der Waals surface area (Å²) < 4.78 is 0. The molecule has 0 radical (unpaired) electrons. The van der Waals surface area contributed by atoms with E-state index in [0.29, 0.717) is 6.42 Å². The molecule has 0 spiro atoms. The van der Waals surface area contributed by atoms with Crippen molar-refractivity contribution in [2.24, 2.45) is 0 Å². The SMILES string of the molecule is O=C(CCCc1ccccc1)NC[C@@H](O)CO. The molecule has 0 saturated carbocycles. The van der Waals surface area contributed by atoms with Gasteiger partial charge in [-0.15, -0.1) is 0 Å². The second kappa shape index (κ2) is 7.81. The molecule has 0 fully saturated rings. The molecule has 4 heteroatoms. The monoisotopic (exact) mass is 237 g/mol. The Morgan fingerprint density at radius 1 is 1.29 bits per heavy atom. The first-order valence-electron chi connectivity index (χ1n) is 5.82. The van der Waals surface area contributed by atoms with Crippen molar-refractivity contribution in [1.29, 1.82) is 0 Å². The number of carbonyl (C=O) groups is 1. The molecule has 0 aromatic heterocycles. The topological polar surface area (TPSA) is 69.6 Å². The molecule has 1 atom stereocenters. The summed E-state index contributed by atoms with van der Waals surface area (Å²) in [6, 6.07) is 9.99. The quantitative estimate of drug-likeness (QED) is 0.646. The van der Waals surface area contributed by atoms with Crippen LogP contribution in [-0.2, 0) is 11.2 Å². The zero-order chi connectivity index (χ0) is 12.5. The Morgan fingerprint density at radius 3 is 2.65 bits per heavy atom. The van der Waals surface area contributed by atoms with E-state index in [2.05, 4.69) is 5.32 Å². The van der Waals surface area contributed by atoms with Crippen LogP contribution in [0.2, 0.25) is 0 Å². The lowest BCUT2D eigenvalue weighted by Crippen LogP contribution is -2.33. The first-order valence-corrected chi connectivity index (χ1v) is 5.82. The number of nitrogens with one attached hydrogen (secondary N) is 1. The highest BCUT2D eigenvalue weighted by Crippen LogP contribution is 2.04. The van der Waals surface area contributed by atoms with Crippen molar-refractivity contribution in [2.75, 3.05) is 13.2 Å². The van der Waals surface area contributed by atoms with Crippen molar-refractivity contribution in [1.82, 2.24) is 5.32 Å². The number of amides is 1. The summed E-state index contributed by atoms with van der Waals surface area (Å²) in [5.41, 5.74) is 1.22. The van der Waals surface area contributed by atoms with Gasteiger partial charge in [0.1, 0.15) is 0 Å². The molecule has 1 aromatic rings. The summed E-state index contributed by atoms with van der Waals surface area (Å²) in [5, 5.41) is 20.2. The lowest BCUT2D eigenvalue weighted by molar-refractivity contribution is -0.121. The molecule has 1 rings (SSSR count). The third kappa shape index (κ3) is 6.04. The molecule has 0 aliphatic rings. The number of rotatable bonds is 7. The molecule has 0 heterocycles. The van der Waals surface area contributed by atoms with Gasteiger partial charge in [-0.1, -0.05) is 30.3 Å². The smallest absolute Gasteiger partial charge is 0.220 e. The highest BCUT2D eigenvalue weighted by atomic mass is 16.3. The Hall–Kier alpha value is -1.39. The molecule has 17 heavy (non-hydrogen) atoms. The molecule has 1 amide bonds. The summed E-state index contributed by atoms with van der Waals surface area (Å²) in [7, 11) is 0. The Labute approximate surface area is 101 Å². The molecule has 0 aliphatic carbocycles. The van der Waals surface area contributed by atoms with Gasteiger partial charge in [0.05, 0.1) is 12.7 Å². The zero-order valence-corrected chi connectivity index (χ0v) is 9.80. The molecule has 0 saturated heterocycles. The Kier molecular flexibility index (Phi) is 6.29. The third-order valence-electron chi connectivity index (χ3n) is 2.46. The van der Waals surface area contributed by atoms with Crippen LogP contribution in [0.3, 0.4) is 0 Å². The van der Waals surface area contributed by atoms with E-state index in [9.17, 15) is 4.79 Å². The zero-order valence-electron chi connectivity index (χ0n) is 9.80. The second-order valence-corrected chi connectivity index (χ2v) is 3.98. The van der Waals surface area contributed by atoms with Crippen molar-refractivity contribution in [3.05, 3.63) is 35.9 Å². The van der Waals surface area contributed by atoms with E-state index in [1.165, 1.54) is 5.56 Å². The summed E-state index contributed by atoms with van der Waals surface area (Å²) in [6.07, 6.45) is 1.22.